The monoisotopic (exact) mass is 326 g/mol. The van der Waals surface area contributed by atoms with E-state index >= 15 is 0 Å². The molecule has 0 bridgehead atoms. The second-order valence-corrected chi connectivity index (χ2v) is 6.51. The zero-order valence-electron chi connectivity index (χ0n) is 13.5. The summed E-state index contributed by atoms with van der Waals surface area (Å²) in [5, 5.41) is 18.1. The minimum atomic E-state index is -0.621. The first-order valence-electron chi connectivity index (χ1n) is 8.43. The molecule has 1 aromatic carbocycles. The second-order valence-electron chi connectivity index (χ2n) is 6.51. The van der Waals surface area contributed by atoms with Gasteiger partial charge in [0.05, 0.1) is 12.1 Å². The van der Waals surface area contributed by atoms with Gasteiger partial charge in [-0.3, -0.25) is 9.59 Å². The van der Waals surface area contributed by atoms with Gasteiger partial charge in [-0.25, -0.2) is 0 Å². The number of carbonyl (C=O) groups excluding carboxylic acids is 2. The lowest BCUT2D eigenvalue weighted by molar-refractivity contribution is -0.125. The van der Waals surface area contributed by atoms with Crippen molar-refractivity contribution in [2.45, 2.75) is 37.3 Å². The van der Waals surface area contributed by atoms with Gasteiger partial charge in [-0.1, -0.05) is 30.3 Å². The molecule has 4 atom stereocenters. The molecule has 6 nitrogen and oxygen atoms in total. The van der Waals surface area contributed by atoms with Crippen LogP contribution < -0.4 is 16.0 Å². The van der Waals surface area contributed by atoms with E-state index in [1.54, 1.807) is 0 Å². The summed E-state index contributed by atoms with van der Waals surface area (Å²) in [5.74, 6) is -0.0438. The third-order valence-corrected chi connectivity index (χ3v) is 4.87. The van der Waals surface area contributed by atoms with Crippen LogP contribution in [-0.4, -0.2) is 37.0 Å². The van der Waals surface area contributed by atoms with Gasteiger partial charge in [0.2, 0.25) is 11.8 Å². The number of nitriles is 1. The van der Waals surface area contributed by atoms with Gasteiger partial charge < -0.3 is 16.0 Å². The summed E-state index contributed by atoms with van der Waals surface area (Å²) in [6.07, 6.45) is 1.82. The fraction of sp³-hybridized carbons (Fsp3) is 0.500. The van der Waals surface area contributed by atoms with E-state index in [1.165, 1.54) is 5.56 Å². The maximum atomic E-state index is 12.4. The fourth-order valence-electron chi connectivity index (χ4n) is 3.49. The number of benzene rings is 1. The Morgan fingerprint density at radius 3 is 2.83 bits per heavy atom. The van der Waals surface area contributed by atoms with Gasteiger partial charge in [0.1, 0.15) is 6.04 Å². The highest BCUT2D eigenvalue weighted by Crippen LogP contribution is 2.25. The van der Waals surface area contributed by atoms with Crippen molar-refractivity contribution in [1.29, 1.82) is 5.26 Å². The van der Waals surface area contributed by atoms with E-state index in [0.29, 0.717) is 18.9 Å². The average Bonchev–Trinajstić information content (AvgIpc) is 3.25. The van der Waals surface area contributed by atoms with Gasteiger partial charge in [0, 0.05) is 19.0 Å². The fourth-order valence-corrected chi connectivity index (χ4v) is 3.49. The molecule has 2 amide bonds. The Labute approximate surface area is 141 Å². The smallest absolute Gasteiger partial charge is 0.238 e. The molecule has 6 heteroatoms. The molecule has 0 aliphatic carbocycles. The predicted molar refractivity (Wildman–Crippen MR) is 88.9 cm³/mol. The highest BCUT2D eigenvalue weighted by atomic mass is 16.2. The van der Waals surface area contributed by atoms with Crippen LogP contribution >= 0.6 is 0 Å². The van der Waals surface area contributed by atoms with Crippen LogP contribution in [0.25, 0.3) is 0 Å². The van der Waals surface area contributed by atoms with Crippen molar-refractivity contribution in [3.8, 4) is 6.07 Å². The summed E-state index contributed by atoms with van der Waals surface area (Å²) in [4.78, 5) is 24.0. The second kappa shape index (κ2) is 7.45. The molecule has 1 aromatic rings. The number of hydrogen-bond donors (Lipinski definition) is 3. The number of rotatable bonds is 5. The third kappa shape index (κ3) is 3.74. The topological polar surface area (TPSA) is 94.0 Å². The van der Waals surface area contributed by atoms with Crippen LogP contribution in [0.3, 0.4) is 0 Å². The standard InChI is InChI=1S/C18H22N4O2/c19-10-15(8-13-6-7-20-17(13)23)22-18(24)16-9-14(11-21-16)12-4-2-1-3-5-12/h1-5,13-16,21H,6-9,11H2,(H,20,23)(H,22,24)/t13-,14+,15-,16?/m0/s1. The number of hydrogen-bond acceptors (Lipinski definition) is 4. The molecular weight excluding hydrogens is 304 g/mol. The Kier molecular flexibility index (Phi) is 5.11. The first kappa shape index (κ1) is 16.5. The van der Waals surface area contributed by atoms with E-state index < -0.39 is 6.04 Å². The molecule has 2 fully saturated rings. The third-order valence-electron chi connectivity index (χ3n) is 4.87. The van der Waals surface area contributed by atoms with Crippen LogP contribution in [0.2, 0.25) is 0 Å². The average molecular weight is 326 g/mol. The number of nitrogens with zero attached hydrogens (tertiary/aromatic N) is 1. The van der Waals surface area contributed by atoms with E-state index in [2.05, 4.69) is 34.2 Å². The van der Waals surface area contributed by atoms with Gasteiger partial charge in [0.25, 0.3) is 0 Å². The SMILES string of the molecule is N#C[C@H](C[C@@H]1CCNC1=O)NC(=O)C1C[C@@H](c2ccccc2)CN1. The summed E-state index contributed by atoms with van der Waals surface area (Å²) in [5.41, 5.74) is 1.22. The Hall–Kier alpha value is -2.39. The summed E-state index contributed by atoms with van der Waals surface area (Å²) < 4.78 is 0. The molecule has 2 aliphatic heterocycles. The lowest BCUT2D eigenvalue weighted by Gasteiger charge is -2.17. The molecule has 1 unspecified atom stereocenters. The lowest BCUT2D eigenvalue weighted by atomic mass is 9.95. The van der Waals surface area contributed by atoms with Crippen molar-refractivity contribution in [2.75, 3.05) is 13.1 Å². The van der Waals surface area contributed by atoms with Crippen molar-refractivity contribution in [3.05, 3.63) is 35.9 Å². The molecule has 0 saturated carbocycles. The van der Waals surface area contributed by atoms with E-state index in [4.69, 9.17) is 0 Å². The highest BCUT2D eigenvalue weighted by molar-refractivity contribution is 5.83. The van der Waals surface area contributed by atoms with Crippen molar-refractivity contribution >= 4 is 11.8 Å². The minimum absolute atomic E-state index is 0.0207. The quantitative estimate of drug-likeness (QED) is 0.741. The van der Waals surface area contributed by atoms with Gasteiger partial charge in [-0.15, -0.1) is 0 Å². The van der Waals surface area contributed by atoms with Crippen LogP contribution in [-0.2, 0) is 9.59 Å². The number of carbonyl (C=O) groups is 2. The molecule has 0 aromatic heterocycles. The molecule has 3 N–H and O–H groups in total. The van der Waals surface area contributed by atoms with Crippen LogP contribution in [0, 0.1) is 17.2 Å². The zero-order chi connectivity index (χ0) is 16.9. The largest absolute Gasteiger partial charge is 0.356 e. The molecule has 2 heterocycles. The zero-order valence-corrected chi connectivity index (χ0v) is 13.5. The van der Waals surface area contributed by atoms with Crippen molar-refractivity contribution in [1.82, 2.24) is 16.0 Å². The van der Waals surface area contributed by atoms with E-state index in [9.17, 15) is 14.9 Å². The Morgan fingerprint density at radius 2 is 2.17 bits per heavy atom. The van der Waals surface area contributed by atoms with Crippen LogP contribution in [0.5, 0.6) is 0 Å². The van der Waals surface area contributed by atoms with Crippen molar-refractivity contribution < 1.29 is 9.59 Å². The molecular formula is C18H22N4O2. The van der Waals surface area contributed by atoms with Crippen LogP contribution in [0.4, 0.5) is 0 Å². The predicted octanol–water partition coefficient (Wildman–Crippen LogP) is 0.667. The normalized spacial score (nSPS) is 27.3. The number of amides is 2. The van der Waals surface area contributed by atoms with Gasteiger partial charge >= 0.3 is 0 Å². The Morgan fingerprint density at radius 1 is 1.38 bits per heavy atom. The summed E-state index contributed by atoms with van der Waals surface area (Å²) in [6.45, 7) is 1.41. The Balaban J connectivity index is 1.53. The molecule has 126 valence electrons. The van der Waals surface area contributed by atoms with Crippen molar-refractivity contribution in [3.63, 3.8) is 0 Å². The summed E-state index contributed by atoms with van der Waals surface area (Å²) >= 11 is 0. The lowest BCUT2D eigenvalue weighted by Crippen LogP contribution is -2.45. The van der Waals surface area contributed by atoms with E-state index in [-0.39, 0.29) is 23.8 Å². The molecule has 0 radical (unpaired) electrons. The van der Waals surface area contributed by atoms with Gasteiger partial charge in [0.15, 0.2) is 0 Å². The molecule has 2 saturated heterocycles. The Bertz CT molecular complexity index is 640. The van der Waals surface area contributed by atoms with Crippen LogP contribution in [0.15, 0.2) is 30.3 Å². The van der Waals surface area contributed by atoms with Gasteiger partial charge in [-0.05, 0) is 30.7 Å². The maximum absolute atomic E-state index is 12.4. The number of nitrogens with one attached hydrogen (secondary N) is 3. The highest BCUT2D eigenvalue weighted by Gasteiger charge is 2.33. The molecule has 0 spiro atoms. The summed E-state index contributed by atoms with van der Waals surface area (Å²) in [7, 11) is 0. The van der Waals surface area contributed by atoms with E-state index in [1.807, 2.05) is 18.2 Å². The first-order chi connectivity index (χ1) is 11.7. The molecule has 3 rings (SSSR count). The summed E-state index contributed by atoms with van der Waals surface area (Å²) in [6, 6.07) is 11.3. The van der Waals surface area contributed by atoms with E-state index in [0.717, 1.165) is 19.4 Å². The molecule has 24 heavy (non-hydrogen) atoms. The van der Waals surface area contributed by atoms with Crippen molar-refractivity contribution in [2.24, 2.45) is 5.92 Å². The molecule has 2 aliphatic rings. The minimum Gasteiger partial charge on any atom is -0.356 e. The van der Waals surface area contributed by atoms with Gasteiger partial charge in [-0.2, -0.15) is 5.26 Å². The van der Waals surface area contributed by atoms with Crippen LogP contribution in [0.1, 0.15) is 30.7 Å². The first-order valence-corrected chi connectivity index (χ1v) is 8.43. The maximum Gasteiger partial charge on any atom is 0.238 e.